The largest absolute Gasteiger partial charge is 0.440 e. The van der Waals surface area contributed by atoms with Gasteiger partial charge in [0.1, 0.15) is 5.52 Å². The highest BCUT2D eigenvalue weighted by molar-refractivity contribution is 7.92. The van der Waals surface area contributed by atoms with Crippen LogP contribution >= 0.6 is 0 Å². The van der Waals surface area contributed by atoms with E-state index in [2.05, 4.69) is 9.71 Å². The molecule has 1 aliphatic rings. The van der Waals surface area contributed by atoms with Gasteiger partial charge >= 0.3 is 0 Å². The van der Waals surface area contributed by atoms with Gasteiger partial charge in [0.15, 0.2) is 11.5 Å². The van der Waals surface area contributed by atoms with Crippen LogP contribution in [0.25, 0.3) is 22.2 Å². The Bertz CT molecular complexity index is 1190. The number of sulfonamides is 1. The Morgan fingerprint density at radius 2 is 2.04 bits per heavy atom. The van der Waals surface area contributed by atoms with Crippen LogP contribution in [0.15, 0.2) is 33.6 Å². The molecule has 8 heteroatoms. The summed E-state index contributed by atoms with van der Waals surface area (Å²) in [6.45, 7) is 3.34. The van der Waals surface area contributed by atoms with E-state index in [-0.39, 0.29) is 11.3 Å². The molecule has 0 spiro atoms. The fourth-order valence-corrected chi connectivity index (χ4v) is 4.05. The van der Waals surface area contributed by atoms with Gasteiger partial charge in [0, 0.05) is 35.9 Å². The van der Waals surface area contributed by atoms with Gasteiger partial charge in [-0.15, -0.1) is 0 Å². The van der Waals surface area contributed by atoms with Crippen molar-refractivity contribution in [3.8, 4) is 11.1 Å². The van der Waals surface area contributed by atoms with E-state index in [1.165, 1.54) is 4.57 Å². The zero-order valence-corrected chi connectivity index (χ0v) is 17.0. The van der Waals surface area contributed by atoms with Crippen LogP contribution in [-0.2, 0) is 17.1 Å². The molecule has 0 saturated heterocycles. The molecule has 2 heterocycles. The number of fused-ring (bicyclic) bond motifs is 1. The van der Waals surface area contributed by atoms with Gasteiger partial charge in [-0.1, -0.05) is 6.42 Å². The predicted molar refractivity (Wildman–Crippen MR) is 109 cm³/mol. The number of oxazole rings is 1. The van der Waals surface area contributed by atoms with Crippen LogP contribution in [0.1, 0.15) is 43.6 Å². The molecule has 0 bridgehead atoms. The second-order valence-corrected chi connectivity index (χ2v) is 9.40. The molecule has 3 aromatic rings. The van der Waals surface area contributed by atoms with Crippen LogP contribution < -0.4 is 10.3 Å². The standard InChI is InChI=1S/C20H23N3O4S/c1-4-28(25,26)22-15-9-16(14-8-12(2)20(24)23(3)11-14)18-17(10-15)21-19(27-18)13-6-5-7-13/h8-11,13,22H,4-7H2,1-3H3. The lowest BCUT2D eigenvalue weighted by molar-refractivity contribution is 0.344. The SMILES string of the molecule is CCS(=O)(=O)Nc1cc(-c2cc(C)c(=O)n(C)c2)c2oc(C3CCC3)nc2c1. The zero-order valence-electron chi connectivity index (χ0n) is 16.2. The highest BCUT2D eigenvalue weighted by atomic mass is 32.2. The van der Waals surface area contributed by atoms with Crippen LogP contribution in [0.5, 0.6) is 0 Å². The van der Waals surface area contributed by atoms with Crippen molar-refractivity contribution < 1.29 is 12.8 Å². The van der Waals surface area contributed by atoms with Crippen LogP contribution in [-0.4, -0.2) is 23.7 Å². The number of aryl methyl sites for hydroxylation is 2. The van der Waals surface area contributed by atoms with Crippen LogP contribution in [0, 0.1) is 6.92 Å². The number of hydrogen-bond acceptors (Lipinski definition) is 5. The lowest BCUT2D eigenvalue weighted by Crippen LogP contribution is -2.18. The van der Waals surface area contributed by atoms with E-state index in [1.54, 1.807) is 45.3 Å². The number of aromatic nitrogens is 2. The maximum absolute atomic E-state index is 12.1. The van der Waals surface area contributed by atoms with Crippen molar-refractivity contribution in [1.82, 2.24) is 9.55 Å². The molecule has 1 fully saturated rings. The molecule has 4 rings (SSSR count). The number of hydrogen-bond donors (Lipinski definition) is 1. The molecule has 1 aromatic carbocycles. The van der Waals surface area contributed by atoms with Crippen LogP contribution in [0.4, 0.5) is 5.69 Å². The third-order valence-electron chi connectivity index (χ3n) is 5.29. The summed E-state index contributed by atoms with van der Waals surface area (Å²) in [6, 6.07) is 5.23. The fraction of sp³-hybridized carbons (Fsp3) is 0.400. The quantitative estimate of drug-likeness (QED) is 0.706. The number of rotatable bonds is 5. The van der Waals surface area contributed by atoms with E-state index in [1.807, 2.05) is 0 Å². The molecule has 7 nitrogen and oxygen atoms in total. The lowest BCUT2D eigenvalue weighted by atomic mass is 9.85. The normalized spacial score (nSPS) is 15.0. The predicted octanol–water partition coefficient (Wildman–Crippen LogP) is 3.53. The topological polar surface area (TPSA) is 94.2 Å². The zero-order chi connectivity index (χ0) is 20.1. The first-order valence-corrected chi connectivity index (χ1v) is 11.1. The molecule has 0 atom stereocenters. The van der Waals surface area contributed by atoms with E-state index in [4.69, 9.17) is 4.42 Å². The monoisotopic (exact) mass is 401 g/mol. The second-order valence-electron chi connectivity index (χ2n) is 7.39. The molecule has 28 heavy (non-hydrogen) atoms. The maximum Gasteiger partial charge on any atom is 0.253 e. The second kappa shape index (κ2) is 6.77. The van der Waals surface area contributed by atoms with E-state index >= 15 is 0 Å². The van der Waals surface area contributed by atoms with Crippen molar-refractivity contribution in [2.75, 3.05) is 10.5 Å². The smallest absolute Gasteiger partial charge is 0.253 e. The first kappa shape index (κ1) is 18.7. The molecule has 1 aliphatic carbocycles. The first-order valence-electron chi connectivity index (χ1n) is 9.40. The maximum atomic E-state index is 12.1. The minimum absolute atomic E-state index is 0.0224. The van der Waals surface area contributed by atoms with Crippen molar-refractivity contribution in [2.24, 2.45) is 7.05 Å². The number of nitrogens with one attached hydrogen (secondary N) is 1. The third-order valence-corrected chi connectivity index (χ3v) is 6.59. The van der Waals surface area contributed by atoms with E-state index in [0.717, 1.165) is 24.8 Å². The minimum atomic E-state index is -3.43. The Balaban J connectivity index is 1.93. The van der Waals surface area contributed by atoms with Gasteiger partial charge in [-0.25, -0.2) is 13.4 Å². The van der Waals surface area contributed by atoms with Gasteiger partial charge in [-0.3, -0.25) is 9.52 Å². The summed E-state index contributed by atoms with van der Waals surface area (Å²) in [5.74, 6) is 0.989. The van der Waals surface area contributed by atoms with Crippen molar-refractivity contribution in [1.29, 1.82) is 0 Å². The van der Waals surface area contributed by atoms with E-state index < -0.39 is 10.0 Å². The summed E-state index contributed by atoms with van der Waals surface area (Å²) < 4.78 is 34.4. The molecule has 1 N–H and O–H groups in total. The number of benzene rings is 1. The molecule has 0 unspecified atom stereocenters. The van der Waals surface area contributed by atoms with Gasteiger partial charge < -0.3 is 8.98 Å². The average Bonchev–Trinajstić information content (AvgIpc) is 2.99. The van der Waals surface area contributed by atoms with Crippen molar-refractivity contribution in [3.05, 3.63) is 46.2 Å². The first-order chi connectivity index (χ1) is 13.3. The highest BCUT2D eigenvalue weighted by Gasteiger charge is 2.26. The Morgan fingerprint density at radius 3 is 2.64 bits per heavy atom. The van der Waals surface area contributed by atoms with Gasteiger partial charge in [0.25, 0.3) is 5.56 Å². The molecule has 1 saturated carbocycles. The van der Waals surface area contributed by atoms with Crippen LogP contribution in [0.2, 0.25) is 0 Å². The lowest BCUT2D eigenvalue weighted by Gasteiger charge is -2.21. The third kappa shape index (κ3) is 3.32. The summed E-state index contributed by atoms with van der Waals surface area (Å²) in [7, 11) is -1.74. The summed E-state index contributed by atoms with van der Waals surface area (Å²) in [5.41, 5.74) is 3.67. The van der Waals surface area contributed by atoms with Gasteiger partial charge in [-0.2, -0.15) is 0 Å². The van der Waals surface area contributed by atoms with Crippen LogP contribution in [0.3, 0.4) is 0 Å². The Kier molecular flexibility index (Phi) is 4.53. The van der Waals surface area contributed by atoms with Crippen molar-refractivity contribution >= 4 is 26.8 Å². The summed E-state index contributed by atoms with van der Waals surface area (Å²) in [4.78, 5) is 16.7. The van der Waals surface area contributed by atoms with Crippen molar-refractivity contribution in [2.45, 2.75) is 39.0 Å². The average molecular weight is 401 g/mol. The van der Waals surface area contributed by atoms with E-state index in [9.17, 15) is 13.2 Å². The number of nitrogens with zero attached hydrogens (tertiary/aromatic N) is 2. The minimum Gasteiger partial charge on any atom is -0.440 e. The molecule has 0 aliphatic heterocycles. The molecule has 148 valence electrons. The Hall–Kier alpha value is -2.61. The molecular formula is C20H23N3O4S. The molecule has 0 amide bonds. The van der Waals surface area contributed by atoms with Gasteiger partial charge in [0.05, 0.1) is 11.4 Å². The molecule has 2 aromatic heterocycles. The summed E-state index contributed by atoms with van der Waals surface area (Å²) in [5, 5.41) is 0. The Morgan fingerprint density at radius 1 is 1.29 bits per heavy atom. The fourth-order valence-electron chi connectivity index (χ4n) is 3.43. The molecule has 0 radical (unpaired) electrons. The highest BCUT2D eigenvalue weighted by Crippen LogP contribution is 2.40. The van der Waals surface area contributed by atoms with E-state index in [0.29, 0.717) is 39.7 Å². The van der Waals surface area contributed by atoms with Gasteiger partial charge in [-0.05, 0) is 44.9 Å². The summed E-state index contributed by atoms with van der Waals surface area (Å²) >= 11 is 0. The van der Waals surface area contributed by atoms with Gasteiger partial charge in [0.2, 0.25) is 10.0 Å². The van der Waals surface area contributed by atoms with Crippen molar-refractivity contribution in [3.63, 3.8) is 0 Å². The number of anilines is 1. The summed E-state index contributed by atoms with van der Waals surface area (Å²) in [6.07, 6.45) is 5.00. The number of pyridine rings is 1. The Labute approximate surface area is 163 Å². The molecular weight excluding hydrogens is 378 g/mol.